The van der Waals surface area contributed by atoms with Crippen molar-refractivity contribution in [2.24, 2.45) is 23.7 Å². The van der Waals surface area contributed by atoms with Crippen molar-refractivity contribution < 1.29 is 73.3 Å². The maximum atomic E-state index is 2.27. The van der Waals surface area contributed by atoms with Gasteiger partial charge in [-0.3, -0.25) is 0 Å². The normalized spacial score (nSPS) is 10.4. The average Bonchev–Trinajstić information content (AvgIpc) is 3.98. The van der Waals surface area contributed by atoms with Gasteiger partial charge in [-0.05, 0) is 0 Å². The van der Waals surface area contributed by atoms with Crippen LogP contribution in [0.3, 0.4) is 0 Å². The maximum absolute atomic E-state index is 2.27. The van der Waals surface area contributed by atoms with E-state index in [1.807, 2.05) is 0 Å². The number of fused-ring (bicyclic) bond motifs is 4. The summed E-state index contributed by atoms with van der Waals surface area (Å²) < 4.78 is 3.01. The van der Waals surface area contributed by atoms with Crippen LogP contribution in [0.2, 0.25) is 0 Å². The van der Waals surface area contributed by atoms with Crippen LogP contribution in [0.15, 0.2) is 146 Å². The summed E-state index contributed by atoms with van der Waals surface area (Å²) >= 11 is 3.11. The summed E-state index contributed by atoms with van der Waals surface area (Å²) in [6.07, 6.45) is 4.75. The smallest absolute Gasteiger partial charge is 1.00 e. The largest absolute Gasteiger partial charge is 1.00 e. The molecule has 0 amide bonds. The molecule has 0 bridgehead atoms. The van der Waals surface area contributed by atoms with Gasteiger partial charge in [-0.1, -0.05) is 129 Å². The summed E-state index contributed by atoms with van der Waals surface area (Å²) in [7, 11) is 0. The van der Waals surface area contributed by atoms with Crippen LogP contribution in [0.4, 0.5) is 0 Å². The van der Waals surface area contributed by atoms with E-state index >= 15 is 0 Å². The van der Waals surface area contributed by atoms with Gasteiger partial charge in [0.1, 0.15) is 0 Å². The Labute approximate surface area is 419 Å². The molecule has 0 atom stereocenters. The number of halogens is 2. The molecule has 0 heterocycles. The monoisotopic (exact) mass is 1020 g/mol. The number of hydrogen-bond donors (Lipinski definition) is 0. The van der Waals surface area contributed by atoms with Crippen molar-refractivity contribution in [2.45, 2.75) is 109 Å². The van der Waals surface area contributed by atoms with Crippen LogP contribution >= 0.6 is 0 Å². The Hall–Kier alpha value is -2.59. The van der Waals surface area contributed by atoms with Crippen molar-refractivity contribution in [2.75, 3.05) is 0 Å². The van der Waals surface area contributed by atoms with Gasteiger partial charge in [0, 0.05) is 0 Å². The zero-order chi connectivity index (χ0) is 44.2. The van der Waals surface area contributed by atoms with E-state index in [1.54, 1.807) is 48.5 Å². The predicted octanol–water partition coefficient (Wildman–Crippen LogP) is 10.5. The van der Waals surface area contributed by atoms with E-state index in [2.05, 4.69) is 229 Å². The van der Waals surface area contributed by atoms with Crippen molar-refractivity contribution in [3.8, 4) is 0 Å². The first-order valence-electron chi connectivity index (χ1n) is 22.1. The molecule has 0 fully saturated rings. The van der Waals surface area contributed by atoms with Crippen molar-refractivity contribution in [1.82, 2.24) is 0 Å². The van der Waals surface area contributed by atoms with Crippen LogP contribution in [-0.2, 0) is 74.2 Å². The van der Waals surface area contributed by atoms with E-state index in [1.165, 1.54) is 97.4 Å². The van der Waals surface area contributed by atoms with Crippen molar-refractivity contribution >= 4 is 49.5 Å². The van der Waals surface area contributed by atoms with Crippen LogP contribution < -0.4 is 24.8 Å². The van der Waals surface area contributed by atoms with Gasteiger partial charge in [0.25, 0.3) is 0 Å². The Morgan fingerprint density at radius 2 is 0.516 bits per heavy atom. The van der Waals surface area contributed by atoms with E-state index in [0.717, 1.165) is 23.7 Å². The topological polar surface area (TPSA) is 0 Å². The third-order valence-electron chi connectivity index (χ3n) is 9.60. The van der Waals surface area contributed by atoms with Crippen LogP contribution in [0.1, 0.15) is 105 Å². The van der Waals surface area contributed by atoms with E-state index < -0.39 is 0 Å². The Bertz CT molecular complexity index is 2100. The van der Waals surface area contributed by atoms with E-state index in [-0.39, 0.29) is 24.8 Å². The van der Waals surface area contributed by atoms with Gasteiger partial charge in [0.15, 0.2) is 0 Å². The molecule has 0 aliphatic carbocycles. The van der Waals surface area contributed by atoms with Gasteiger partial charge < -0.3 is 24.8 Å². The first-order valence-corrected chi connectivity index (χ1v) is 24.6. The van der Waals surface area contributed by atoms with Gasteiger partial charge in [0.05, 0.1) is 0 Å². The van der Waals surface area contributed by atoms with Crippen LogP contribution in [0, 0.1) is 23.7 Å². The molecule has 8 aromatic carbocycles. The molecule has 8 rings (SSSR count). The molecule has 0 aliphatic heterocycles. The summed E-state index contributed by atoms with van der Waals surface area (Å²) in [4.78, 5) is 0. The first-order chi connectivity index (χ1) is 28.5. The van der Waals surface area contributed by atoms with Gasteiger partial charge in [-0.15, -0.1) is 164 Å². The summed E-state index contributed by atoms with van der Waals surface area (Å²) in [6, 6.07) is 52.3. The Morgan fingerprint density at radius 1 is 0.355 bits per heavy atom. The quantitative estimate of drug-likeness (QED) is 0.133. The molecule has 0 N–H and O–H groups in total. The number of benzene rings is 4. The molecule has 0 spiro atoms. The second kappa shape index (κ2) is 30.5. The fraction of sp³-hybridized carbons (Fsp3) is 0.345. The van der Waals surface area contributed by atoms with Crippen LogP contribution in [-0.4, -0.2) is 6.41 Å². The zero-order valence-electron chi connectivity index (χ0n) is 39.8. The van der Waals surface area contributed by atoms with Gasteiger partial charge in [0.2, 0.25) is 0 Å². The molecule has 0 saturated carbocycles. The van der Waals surface area contributed by atoms with E-state index in [0.29, 0.717) is 0 Å². The molecule has 62 heavy (non-hydrogen) atoms. The van der Waals surface area contributed by atoms with E-state index in [9.17, 15) is 0 Å². The molecule has 8 aromatic rings. The standard InChI is InChI=1S/4C13H15.2C3H6.2ClH.2Zr/c4*1-10(2)9-12-8-7-11-5-3-4-6-13(11)12;2*1-3-2;;;;/h4*3-8,10H,9H2,1-2H3;2*1-2H3;2*1H;;/q4*-1;;;;;2*+2/p-2. The first kappa shape index (κ1) is 57.4. The third kappa shape index (κ3) is 20.9. The second-order valence-electron chi connectivity index (χ2n) is 18.2. The summed E-state index contributed by atoms with van der Waals surface area (Å²) in [5.74, 6) is 2.97. The summed E-state index contributed by atoms with van der Waals surface area (Å²) in [5, 5.41) is 11.2. The molecule has 0 saturated heterocycles. The van der Waals surface area contributed by atoms with Gasteiger partial charge >= 0.3 is 82.6 Å². The Kier molecular flexibility index (Phi) is 28.3. The average molecular weight is 1020 g/mol. The molecule has 0 aromatic heterocycles. The van der Waals surface area contributed by atoms with Crippen LogP contribution in [0.5, 0.6) is 0 Å². The van der Waals surface area contributed by atoms with Crippen molar-refractivity contribution in [3.05, 3.63) is 168 Å². The molecule has 0 nitrogen and oxygen atoms in total. The van der Waals surface area contributed by atoms with Gasteiger partial charge in [-0.2, -0.15) is 22.3 Å². The summed E-state index contributed by atoms with van der Waals surface area (Å²) in [6.45, 7) is 26.6. The van der Waals surface area contributed by atoms with Gasteiger partial charge in [-0.25, -0.2) is 0 Å². The fourth-order valence-corrected chi connectivity index (χ4v) is 7.33. The fourth-order valence-electron chi connectivity index (χ4n) is 7.33. The maximum Gasteiger partial charge on any atom is -1.00 e. The minimum absolute atomic E-state index is 0. The van der Waals surface area contributed by atoms with E-state index in [4.69, 9.17) is 0 Å². The Morgan fingerprint density at radius 3 is 0.677 bits per heavy atom. The minimum Gasteiger partial charge on any atom is -1.00 e. The number of rotatable bonds is 8. The molecule has 0 unspecified atom stereocenters. The predicted molar refractivity (Wildman–Crippen MR) is 265 cm³/mol. The third-order valence-corrected chi connectivity index (χ3v) is 9.60. The molecule has 0 radical (unpaired) electrons. The molecule has 328 valence electrons. The van der Waals surface area contributed by atoms with Crippen LogP contribution in [0.25, 0.3) is 43.1 Å². The molecule has 4 heteroatoms. The van der Waals surface area contributed by atoms with Crippen molar-refractivity contribution in [3.63, 3.8) is 0 Å². The van der Waals surface area contributed by atoms with Crippen molar-refractivity contribution in [1.29, 1.82) is 0 Å². The SMILES string of the molecule is CC(C)Cc1c[cH-]c2ccccc12.CC(C)Cc1c[cH-]c2ccccc12.CC(C)Cc1c[cH-]c2ccccc12.CC(C)Cc1c[cH-]c2ccccc12.C[C](C)=[Zr+2].C[C](C)=[Zr+2].[Cl-].[Cl-]. The minimum atomic E-state index is 0. The molecule has 0 aliphatic rings. The zero-order valence-corrected chi connectivity index (χ0v) is 46.2. The number of hydrogen-bond acceptors (Lipinski definition) is 0. The second-order valence-corrected chi connectivity index (χ2v) is 23.1. The summed E-state index contributed by atoms with van der Waals surface area (Å²) in [5.41, 5.74) is 5.97. The molecular formula is C58H72Cl2Zr2-2. The molecular weight excluding hydrogens is 950 g/mol. The Balaban J connectivity index is 0.000000386.